The van der Waals surface area contributed by atoms with Gasteiger partial charge in [0.15, 0.2) is 11.5 Å². The summed E-state index contributed by atoms with van der Waals surface area (Å²) in [6, 6.07) is 7.28. The molecule has 1 aromatic heterocycles. The lowest BCUT2D eigenvalue weighted by Gasteiger charge is -2.28. The van der Waals surface area contributed by atoms with Crippen LogP contribution in [0.2, 0.25) is 0 Å². The molecule has 0 fully saturated rings. The Hall–Kier alpha value is -2.94. The molecule has 1 aromatic carbocycles. The third kappa shape index (κ3) is 2.86. The van der Waals surface area contributed by atoms with Crippen LogP contribution in [0, 0.1) is 18.3 Å². The molecule has 0 unspecified atom stereocenters. The number of aromatic nitrogens is 1. The molecule has 23 heavy (non-hydrogen) atoms. The topological polar surface area (TPSA) is 87.1 Å². The second-order valence-electron chi connectivity index (χ2n) is 5.46. The molecule has 0 aliphatic carbocycles. The van der Waals surface area contributed by atoms with Crippen LogP contribution in [-0.4, -0.2) is 24.6 Å². The van der Waals surface area contributed by atoms with Crippen molar-refractivity contribution >= 4 is 5.91 Å². The third-order valence-electron chi connectivity index (χ3n) is 3.84. The monoisotopic (exact) mass is 311 g/mol. The van der Waals surface area contributed by atoms with Gasteiger partial charge < -0.3 is 19.8 Å². The van der Waals surface area contributed by atoms with E-state index in [0.29, 0.717) is 35.8 Å². The van der Waals surface area contributed by atoms with E-state index in [-0.39, 0.29) is 11.9 Å². The van der Waals surface area contributed by atoms with Gasteiger partial charge in [0.1, 0.15) is 11.8 Å². The van der Waals surface area contributed by atoms with Crippen LogP contribution < -0.4 is 14.8 Å². The summed E-state index contributed by atoms with van der Waals surface area (Å²) in [5, 5.41) is 11.8. The van der Waals surface area contributed by atoms with Crippen LogP contribution in [0.3, 0.4) is 0 Å². The second kappa shape index (κ2) is 6.05. The molecule has 0 saturated carbocycles. The van der Waals surface area contributed by atoms with Crippen molar-refractivity contribution in [3.8, 4) is 17.6 Å². The zero-order chi connectivity index (χ0) is 16.4. The van der Waals surface area contributed by atoms with Crippen molar-refractivity contribution < 1.29 is 14.3 Å². The van der Waals surface area contributed by atoms with Crippen LogP contribution in [-0.2, 0) is 0 Å². The van der Waals surface area contributed by atoms with Crippen molar-refractivity contribution in [3.63, 3.8) is 0 Å². The fraction of sp³-hybridized carbons (Fsp3) is 0.294. The van der Waals surface area contributed by atoms with Crippen LogP contribution in [0.25, 0.3) is 0 Å². The SMILES string of the molecule is COc1cc(C)cc2c1OCC[C@H]2NC(=O)c1cc(C#N)c[nH]1. The second-order valence-corrected chi connectivity index (χ2v) is 5.46. The van der Waals surface area contributed by atoms with Gasteiger partial charge in [0.2, 0.25) is 0 Å². The summed E-state index contributed by atoms with van der Waals surface area (Å²) < 4.78 is 11.1. The molecule has 2 N–H and O–H groups in total. The smallest absolute Gasteiger partial charge is 0.268 e. The van der Waals surface area contributed by atoms with Gasteiger partial charge in [0, 0.05) is 18.2 Å². The Bertz CT molecular complexity index is 789. The van der Waals surface area contributed by atoms with E-state index in [1.54, 1.807) is 7.11 Å². The lowest BCUT2D eigenvalue weighted by molar-refractivity contribution is 0.0919. The zero-order valence-corrected chi connectivity index (χ0v) is 13.0. The van der Waals surface area contributed by atoms with Gasteiger partial charge in [-0.3, -0.25) is 4.79 Å². The van der Waals surface area contributed by atoms with Crippen LogP contribution in [0.1, 0.15) is 39.6 Å². The van der Waals surface area contributed by atoms with E-state index >= 15 is 0 Å². The van der Waals surface area contributed by atoms with Crippen molar-refractivity contribution in [2.45, 2.75) is 19.4 Å². The number of ether oxygens (including phenoxy) is 2. The standard InChI is InChI=1S/C17H17N3O3/c1-10-5-12-13(3-4-23-16(12)15(6-10)22-2)20-17(21)14-7-11(8-18)9-19-14/h5-7,9,13,19H,3-4H2,1-2H3,(H,20,21)/t13-/m1/s1. The third-order valence-corrected chi connectivity index (χ3v) is 3.84. The Morgan fingerprint density at radius 1 is 1.48 bits per heavy atom. The molecule has 6 nitrogen and oxygen atoms in total. The first-order chi connectivity index (χ1) is 11.1. The Labute approximate surface area is 134 Å². The van der Waals surface area contributed by atoms with E-state index in [9.17, 15) is 4.79 Å². The number of nitrogens with one attached hydrogen (secondary N) is 2. The lowest BCUT2D eigenvalue weighted by Crippen LogP contribution is -2.32. The van der Waals surface area contributed by atoms with Crippen LogP contribution in [0.4, 0.5) is 0 Å². The minimum absolute atomic E-state index is 0.158. The number of methoxy groups -OCH3 is 1. The average molecular weight is 311 g/mol. The Morgan fingerprint density at radius 3 is 3.00 bits per heavy atom. The predicted octanol–water partition coefficient (Wildman–Crippen LogP) is 2.46. The first-order valence-electron chi connectivity index (χ1n) is 7.33. The van der Waals surface area contributed by atoms with E-state index in [4.69, 9.17) is 14.7 Å². The molecule has 2 aromatic rings. The van der Waals surface area contributed by atoms with Gasteiger partial charge in [-0.25, -0.2) is 0 Å². The molecular weight excluding hydrogens is 294 g/mol. The highest BCUT2D eigenvalue weighted by atomic mass is 16.5. The summed E-state index contributed by atoms with van der Waals surface area (Å²) in [4.78, 5) is 15.2. The molecule has 6 heteroatoms. The molecule has 0 radical (unpaired) electrons. The van der Waals surface area contributed by atoms with E-state index in [1.165, 1.54) is 12.3 Å². The number of carbonyl (C=O) groups excluding carboxylic acids is 1. The number of nitrogens with zero attached hydrogens (tertiary/aromatic N) is 1. The summed E-state index contributed by atoms with van der Waals surface area (Å²) in [6.07, 6.45) is 2.19. The van der Waals surface area contributed by atoms with Crippen molar-refractivity contribution in [3.05, 3.63) is 46.8 Å². The van der Waals surface area contributed by atoms with Crippen molar-refractivity contribution in [1.82, 2.24) is 10.3 Å². The van der Waals surface area contributed by atoms with Gasteiger partial charge in [-0.05, 0) is 24.6 Å². The number of rotatable bonds is 3. The summed E-state index contributed by atoms with van der Waals surface area (Å²) in [6.45, 7) is 2.48. The van der Waals surface area contributed by atoms with Gasteiger partial charge >= 0.3 is 0 Å². The normalized spacial score (nSPS) is 16.0. The maximum atomic E-state index is 12.4. The highest BCUT2D eigenvalue weighted by molar-refractivity contribution is 5.93. The van der Waals surface area contributed by atoms with Crippen LogP contribution >= 0.6 is 0 Å². The maximum absolute atomic E-state index is 12.4. The number of aromatic amines is 1. The summed E-state index contributed by atoms with van der Waals surface area (Å²) >= 11 is 0. The van der Waals surface area contributed by atoms with Gasteiger partial charge in [-0.15, -0.1) is 0 Å². The summed E-state index contributed by atoms with van der Waals surface area (Å²) in [5.41, 5.74) is 2.75. The molecule has 2 heterocycles. The molecule has 0 saturated heterocycles. The van der Waals surface area contributed by atoms with E-state index in [0.717, 1.165) is 11.1 Å². The van der Waals surface area contributed by atoms with Crippen LogP contribution in [0.5, 0.6) is 11.5 Å². The highest BCUT2D eigenvalue weighted by Gasteiger charge is 2.27. The molecule has 0 spiro atoms. The molecule has 1 aliphatic rings. The average Bonchev–Trinajstić information content (AvgIpc) is 3.04. The van der Waals surface area contributed by atoms with E-state index < -0.39 is 0 Å². The Morgan fingerprint density at radius 2 is 2.30 bits per heavy atom. The molecular formula is C17H17N3O3. The van der Waals surface area contributed by atoms with Gasteiger partial charge in [-0.1, -0.05) is 6.07 Å². The van der Waals surface area contributed by atoms with E-state index in [2.05, 4.69) is 10.3 Å². The number of carbonyl (C=O) groups is 1. The van der Waals surface area contributed by atoms with Gasteiger partial charge in [0.25, 0.3) is 5.91 Å². The Balaban J connectivity index is 1.87. The number of aryl methyl sites for hydroxylation is 1. The Kier molecular flexibility index (Phi) is 3.94. The number of nitriles is 1. The van der Waals surface area contributed by atoms with E-state index in [1.807, 2.05) is 25.1 Å². The molecule has 1 amide bonds. The van der Waals surface area contributed by atoms with Crippen LogP contribution in [0.15, 0.2) is 24.4 Å². The quantitative estimate of drug-likeness (QED) is 0.911. The molecule has 1 aliphatic heterocycles. The number of hydrogen-bond donors (Lipinski definition) is 2. The highest BCUT2D eigenvalue weighted by Crippen LogP contribution is 2.40. The van der Waals surface area contributed by atoms with Crippen molar-refractivity contribution in [1.29, 1.82) is 5.26 Å². The van der Waals surface area contributed by atoms with Crippen molar-refractivity contribution in [2.75, 3.05) is 13.7 Å². The predicted molar refractivity (Wildman–Crippen MR) is 83.6 cm³/mol. The fourth-order valence-electron chi connectivity index (χ4n) is 2.74. The first kappa shape index (κ1) is 15.0. The number of fused-ring (bicyclic) bond motifs is 1. The zero-order valence-electron chi connectivity index (χ0n) is 13.0. The number of H-pyrrole nitrogens is 1. The largest absolute Gasteiger partial charge is 0.493 e. The summed E-state index contributed by atoms with van der Waals surface area (Å²) in [7, 11) is 1.60. The number of amides is 1. The summed E-state index contributed by atoms with van der Waals surface area (Å²) in [5.74, 6) is 1.11. The maximum Gasteiger partial charge on any atom is 0.268 e. The molecule has 118 valence electrons. The first-order valence-corrected chi connectivity index (χ1v) is 7.33. The molecule has 3 rings (SSSR count). The van der Waals surface area contributed by atoms with Crippen molar-refractivity contribution in [2.24, 2.45) is 0 Å². The lowest BCUT2D eigenvalue weighted by atomic mass is 9.97. The minimum Gasteiger partial charge on any atom is -0.493 e. The molecule has 1 atom stereocenters. The number of hydrogen-bond acceptors (Lipinski definition) is 4. The molecule has 0 bridgehead atoms. The minimum atomic E-state index is -0.246. The van der Waals surface area contributed by atoms with Gasteiger partial charge in [0.05, 0.1) is 25.3 Å². The van der Waals surface area contributed by atoms with Gasteiger partial charge in [-0.2, -0.15) is 5.26 Å². The number of benzene rings is 1. The fourth-order valence-corrected chi connectivity index (χ4v) is 2.74.